The third-order valence-corrected chi connectivity index (χ3v) is 2.97. The van der Waals surface area contributed by atoms with Gasteiger partial charge in [0.15, 0.2) is 0 Å². The molecule has 0 atom stereocenters. The third-order valence-electron chi connectivity index (χ3n) is 1.81. The molecule has 1 heteroatoms. The van der Waals surface area contributed by atoms with E-state index in [1.165, 1.54) is 72.3 Å². The molecule has 0 unspecified atom stereocenters. The minimum absolute atomic E-state index is 1.38. The Labute approximate surface area is 79.3 Å². The van der Waals surface area contributed by atoms with Crippen LogP contribution in [0.3, 0.4) is 0 Å². The standard InChI is InChI=1S/C9H19.Sb.2H/c1-3-5-7-9-8-6-4-2;;;/h1,3-9H2,2H3;;;. The number of rotatable bonds is 7. The van der Waals surface area contributed by atoms with E-state index >= 15 is 0 Å². The van der Waals surface area contributed by atoms with Gasteiger partial charge in [0.05, 0.1) is 0 Å². The Morgan fingerprint density at radius 1 is 0.800 bits per heavy atom. The molecule has 0 aromatic heterocycles. The fourth-order valence-corrected chi connectivity index (χ4v) is 1.93. The molecule has 0 aliphatic heterocycles. The molecular formula is C9H21Sb. The van der Waals surface area contributed by atoms with E-state index in [1.54, 1.807) is 0 Å². The maximum atomic E-state index is 2.28. The van der Waals surface area contributed by atoms with E-state index in [1.807, 2.05) is 0 Å². The van der Waals surface area contributed by atoms with Crippen LogP contribution in [0.4, 0.5) is 0 Å². The van der Waals surface area contributed by atoms with Crippen LogP contribution in [-0.2, 0) is 0 Å². The summed E-state index contributed by atoms with van der Waals surface area (Å²) in [4.78, 5) is 0. The van der Waals surface area contributed by atoms with E-state index in [0.717, 1.165) is 0 Å². The van der Waals surface area contributed by atoms with Crippen molar-refractivity contribution in [3.63, 3.8) is 0 Å². The Bertz CT molecular complexity index is 44.7. The Balaban J connectivity index is 2.65. The van der Waals surface area contributed by atoms with Gasteiger partial charge < -0.3 is 0 Å². The van der Waals surface area contributed by atoms with E-state index in [2.05, 4.69) is 6.92 Å². The third kappa shape index (κ3) is 8.82. The van der Waals surface area contributed by atoms with E-state index in [0.29, 0.717) is 0 Å². The van der Waals surface area contributed by atoms with Gasteiger partial charge in [-0.3, -0.25) is 0 Å². The zero-order valence-corrected chi connectivity index (χ0v) is 10.5. The summed E-state index contributed by atoms with van der Waals surface area (Å²) in [5.74, 6) is 0. The van der Waals surface area contributed by atoms with Crippen molar-refractivity contribution in [2.45, 2.75) is 56.2 Å². The normalized spacial score (nSPS) is 10.2. The van der Waals surface area contributed by atoms with Crippen LogP contribution >= 0.6 is 0 Å². The molecule has 0 aromatic carbocycles. The molecule has 0 aliphatic carbocycles. The van der Waals surface area contributed by atoms with Crippen molar-refractivity contribution in [1.29, 1.82) is 0 Å². The molecule has 0 saturated carbocycles. The molecular weight excluding hydrogens is 230 g/mol. The van der Waals surface area contributed by atoms with Crippen LogP contribution in [0.25, 0.3) is 0 Å². The van der Waals surface area contributed by atoms with Gasteiger partial charge >= 0.3 is 79.3 Å². The molecule has 0 rings (SSSR count). The second-order valence-electron chi connectivity index (χ2n) is 2.91. The molecule has 0 heterocycles. The van der Waals surface area contributed by atoms with Crippen LogP contribution in [0.5, 0.6) is 0 Å². The van der Waals surface area contributed by atoms with Gasteiger partial charge in [0.25, 0.3) is 0 Å². The second kappa shape index (κ2) is 9.82. The zero-order chi connectivity index (χ0) is 7.66. The average molecular weight is 251 g/mol. The first-order chi connectivity index (χ1) is 4.91. The molecule has 0 aromatic rings. The molecule has 0 saturated heterocycles. The molecule has 10 heavy (non-hydrogen) atoms. The first-order valence-electron chi connectivity index (χ1n) is 4.62. The van der Waals surface area contributed by atoms with Crippen molar-refractivity contribution >= 4 is 23.0 Å². The topological polar surface area (TPSA) is 0 Å². The first kappa shape index (κ1) is 10.8. The molecule has 0 fully saturated rings. The Morgan fingerprint density at radius 2 is 1.30 bits per heavy atom. The number of hydrogen-bond acceptors (Lipinski definition) is 0. The van der Waals surface area contributed by atoms with Crippen LogP contribution in [-0.4, -0.2) is 23.0 Å². The van der Waals surface area contributed by atoms with Crippen molar-refractivity contribution in [3.8, 4) is 0 Å². The number of unbranched alkanes of at least 4 members (excludes halogenated alkanes) is 6. The summed E-state index contributed by atoms with van der Waals surface area (Å²) in [6.07, 6.45) is 10.2. The van der Waals surface area contributed by atoms with Gasteiger partial charge in [-0.1, -0.05) is 0 Å². The summed E-state index contributed by atoms with van der Waals surface area (Å²) in [5, 5.41) is 0. The van der Waals surface area contributed by atoms with Crippen molar-refractivity contribution in [2.24, 2.45) is 0 Å². The summed E-state index contributed by atoms with van der Waals surface area (Å²) in [6.45, 7) is 2.28. The Kier molecular flexibility index (Phi) is 10.6. The first-order valence-corrected chi connectivity index (χ1v) is 6.95. The predicted molar refractivity (Wildman–Crippen MR) is 51.3 cm³/mol. The number of hydrogen-bond donors (Lipinski definition) is 0. The Hall–Kier alpha value is 0.818. The molecule has 0 bridgehead atoms. The molecule has 0 aliphatic rings. The fourth-order valence-electron chi connectivity index (χ4n) is 1.10. The zero-order valence-electron chi connectivity index (χ0n) is 7.23. The van der Waals surface area contributed by atoms with Gasteiger partial charge in [-0.15, -0.1) is 0 Å². The molecule has 0 N–H and O–H groups in total. The van der Waals surface area contributed by atoms with Crippen LogP contribution in [0.1, 0.15) is 51.9 Å². The minimum atomic E-state index is 1.38. The van der Waals surface area contributed by atoms with Gasteiger partial charge in [-0.05, 0) is 0 Å². The molecule has 62 valence electrons. The predicted octanol–water partition coefficient (Wildman–Crippen LogP) is 2.79. The second-order valence-corrected chi connectivity index (χ2v) is 4.56. The van der Waals surface area contributed by atoms with Gasteiger partial charge in [0.2, 0.25) is 0 Å². The average Bonchev–Trinajstić information content (AvgIpc) is 1.97. The SMILES string of the molecule is CCCCCCCC[CH2][SbH2]. The van der Waals surface area contributed by atoms with Crippen molar-refractivity contribution in [1.82, 2.24) is 0 Å². The quantitative estimate of drug-likeness (QED) is 0.482. The maximum absolute atomic E-state index is 2.28. The van der Waals surface area contributed by atoms with Gasteiger partial charge in [-0.2, -0.15) is 0 Å². The summed E-state index contributed by atoms with van der Waals surface area (Å²) in [7, 11) is 0. The van der Waals surface area contributed by atoms with Gasteiger partial charge in [-0.25, -0.2) is 0 Å². The summed E-state index contributed by atoms with van der Waals surface area (Å²) < 4.78 is 1.50. The van der Waals surface area contributed by atoms with E-state index in [4.69, 9.17) is 0 Å². The van der Waals surface area contributed by atoms with Crippen molar-refractivity contribution in [3.05, 3.63) is 0 Å². The van der Waals surface area contributed by atoms with E-state index < -0.39 is 0 Å². The van der Waals surface area contributed by atoms with Gasteiger partial charge in [0, 0.05) is 0 Å². The van der Waals surface area contributed by atoms with E-state index in [-0.39, 0.29) is 0 Å². The van der Waals surface area contributed by atoms with Crippen LogP contribution in [0, 0.1) is 0 Å². The molecule has 0 radical (unpaired) electrons. The van der Waals surface area contributed by atoms with Gasteiger partial charge in [0.1, 0.15) is 0 Å². The van der Waals surface area contributed by atoms with Crippen LogP contribution < -0.4 is 0 Å². The van der Waals surface area contributed by atoms with Crippen molar-refractivity contribution < 1.29 is 0 Å². The fraction of sp³-hybridized carbons (Fsp3) is 1.00. The van der Waals surface area contributed by atoms with E-state index in [9.17, 15) is 0 Å². The Morgan fingerprint density at radius 3 is 1.80 bits per heavy atom. The molecule has 0 amide bonds. The monoisotopic (exact) mass is 250 g/mol. The van der Waals surface area contributed by atoms with Crippen molar-refractivity contribution in [2.75, 3.05) is 0 Å². The van der Waals surface area contributed by atoms with Crippen LogP contribution in [0.2, 0.25) is 4.37 Å². The molecule has 0 spiro atoms. The summed E-state index contributed by atoms with van der Waals surface area (Å²) in [6, 6.07) is 0. The van der Waals surface area contributed by atoms with Crippen LogP contribution in [0.15, 0.2) is 0 Å². The molecule has 0 nitrogen and oxygen atoms in total. The summed E-state index contributed by atoms with van der Waals surface area (Å²) >= 11 is 1.46. The summed E-state index contributed by atoms with van der Waals surface area (Å²) in [5.41, 5.74) is 0.